The number of piperidine rings is 2. The van der Waals surface area contributed by atoms with Gasteiger partial charge in [0.25, 0.3) is 0 Å². The lowest BCUT2D eigenvalue weighted by atomic mass is 9.72. The van der Waals surface area contributed by atoms with E-state index in [4.69, 9.17) is 4.74 Å². The summed E-state index contributed by atoms with van der Waals surface area (Å²) in [5.74, 6) is -2.33. The van der Waals surface area contributed by atoms with Crippen LogP contribution in [0.2, 0.25) is 0 Å². The number of carboxylic acid groups (broad SMARTS) is 1. The fraction of sp³-hybridized carbons (Fsp3) is 0.846. The monoisotopic (exact) mass is 291 g/mol. The van der Waals surface area contributed by atoms with Crippen LogP contribution >= 0.6 is 0 Å². The van der Waals surface area contributed by atoms with Gasteiger partial charge in [0.05, 0.1) is 6.04 Å². The molecule has 1 aliphatic carbocycles. The molecule has 3 rings (SSSR count). The van der Waals surface area contributed by atoms with Crippen LogP contribution in [0.4, 0.5) is 13.6 Å². The van der Waals surface area contributed by atoms with Crippen LogP contribution in [0.5, 0.6) is 0 Å². The van der Waals surface area contributed by atoms with Crippen molar-refractivity contribution in [2.75, 3.05) is 0 Å². The maximum atomic E-state index is 13.9. The van der Waals surface area contributed by atoms with E-state index in [1.807, 2.05) is 0 Å². The minimum absolute atomic E-state index is 0.259. The quantitative estimate of drug-likeness (QED) is 0.804. The third-order valence-corrected chi connectivity index (χ3v) is 3.80. The third-order valence-electron chi connectivity index (χ3n) is 3.80. The molecule has 0 aromatic rings. The molecule has 1 amide bonds. The van der Waals surface area contributed by atoms with Crippen molar-refractivity contribution in [1.29, 1.82) is 0 Å². The first-order valence-corrected chi connectivity index (χ1v) is 6.66. The normalized spacial score (nSPS) is 36.9. The molecule has 114 valence electrons. The molecule has 2 heterocycles. The van der Waals surface area contributed by atoms with Gasteiger partial charge in [-0.25, -0.2) is 18.4 Å². The predicted molar refractivity (Wildman–Crippen MR) is 65.8 cm³/mol. The second kappa shape index (κ2) is 4.86. The van der Waals surface area contributed by atoms with Crippen LogP contribution < -0.4 is 0 Å². The highest BCUT2D eigenvalue weighted by molar-refractivity contribution is 5.81. The molecule has 0 aromatic carbocycles. The molecule has 1 N–H and O–H groups in total. The first kappa shape index (κ1) is 15.0. The first-order chi connectivity index (χ1) is 9.13. The summed E-state index contributed by atoms with van der Waals surface area (Å²) in [6, 6.07) is -2.42. The second-order valence-corrected chi connectivity index (χ2v) is 6.37. The van der Waals surface area contributed by atoms with Crippen LogP contribution in [-0.4, -0.2) is 52.1 Å². The van der Waals surface area contributed by atoms with E-state index in [1.165, 1.54) is 0 Å². The van der Waals surface area contributed by atoms with Gasteiger partial charge in [0.2, 0.25) is 0 Å². The van der Waals surface area contributed by atoms with Gasteiger partial charge in [0, 0.05) is 5.92 Å². The van der Waals surface area contributed by atoms with E-state index in [9.17, 15) is 23.5 Å². The van der Waals surface area contributed by atoms with Crippen LogP contribution in [0.3, 0.4) is 0 Å². The number of halogens is 2. The van der Waals surface area contributed by atoms with E-state index in [-0.39, 0.29) is 12.8 Å². The average molecular weight is 291 g/mol. The van der Waals surface area contributed by atoms with Crippen molar-refractivity contribution < 1.29 is 28.2 Å². The summed E-state index contributed by atoms with van der Waals surface area (Å²) < 4.78 is 32.9. The van der Waals surface area contributed by atoms with Gasteiger partial charge in [-0.1, -0.05) is 0 Å². The lowest BCUT2D eigenvalue weighted by Gasteiger charge is -2.51. The van der Waals surface area contributed by atoms with Crippen LogP contribution in [0.1, 0.15) is 33.6 Å². The summed E-state index contributed by atoms with van der Waals surface area (Å²) in [6.45, 7) is 4.90. The first-order valence-electron chi connectivity index (χ1n) is 6.66. The molecule has 2 bridgehead atoms. The van der Waals surface area contributed by atoms with E-state index >= 15 is 0 Å². The van der Waals surface area contributed by atoms with Gasteiger partial charge in [-0.3, -0.25) is 4.90 Å². The van der Waals surface area contributed by atoms with E-state index in [0.29, 0.717) is 0 Å². The average Bonchev–Trinajstić information content (AvgIpc) is 2.31. The Morgan fingerprint density at radius 3 is 2.30 bits per heavy atom. The lowest BCUT2D eigenvalue weighted by molar-refractivity contribution is -0.163. The predicted octanol–water partition coefficient (Wildman–Crippen LogP) is 2.15. The van der Waals surface area contributed by atoms with Gasteiger partial charge in [-0.2, -0.15) is 0 Å². The Labute approximate surface area is 115 Å². The molecule has 5 nitrogen and oxygen atoms in total. The van der Waals surface area contributed by atoms with Crippen LogP contribution in [0.25, 0.3) is 0 Å². The van der Waals surface area contributed by atoms with Crippen molar-refractivity contribution in [2.24, 2.45) is 5.92 Å². The van der Waals surface area contributed by atoms with Crippen LogP contribution in [-0.2, 0) is 9.53 Å². The zero-order valence-electron chi connectivity index (χ0n) is 11.7. The molecule has 1 saturated carbocycles. The highest BCUT2D eigenvalue weighted by Gasteiger charge is 2.58. The number of nitrogens with zero attached hydrogens (tertiary/aromatic N) is 1. The Hall–Kier alpha value is -1.40. The number of carbonyl (C=O) groups excluding carboxylic acids is 1. The Balaban J connectivity index is 2.29. The number of rotatable bonds is 1. The smallest absolute Gasteiger partial charge is 0.411 e. The molecule has 3 aliphatic rings. The SMILES string of the molecule is CC(C)(C)OC(=O)N1C2CCC([C@H]1C(=O)O)[C@H](F)[C@H]2F. The van der Waals surface area contributed by atoms with Crippen molar-refractivity contribution in [1.82, 2.24) is 4.90 Å². The lowest BCUT2D eigenvalue weighted by Crippen LogP contribution is -2.69. The van der Waals surface area contributed by atoms with E-state index in [0.717, 1.165) is 4.90 Å². The highest BCUT2D eigenvalue weighted by Crippen LogP contribution is 2.43. The topological polar surface area (TPSA) is 66.8 Å². The largest absolute Gasteiger partial charge is 0.480 e. The van der Waals surface area contributed by atoms with Gasteiger partial charge >= 0.3 is 12.1 Å². The number of fused-ring (bicyclic) bond motifs is 3. The number of hydrogen-bond donors (Lipinski definition) is 1. The molecule has 5 atom stereocenters. The minimum Gasteiger partial charge on any atom is -0.480 e. The molecule has 7 heteroatoms. The number of amides is 1. The third kappa shape index (κ3) is 2.45. The zero-order chi connectivity index (χ0) is 15.2. The summed E-state index contributed by atoms with van der Waals surface area (Å²) in [7, 11) is 0. The standard InChI is InChI=1S/C13H19F2NO4/c1-13(2,3)20-12(19)16-7-5-4-6(8(14)9(7)15)10(16)11(17)18/h6-10H,4-5H2,1-3H3,(H,17,18)/t6?,7?,8-,9-,10-/m0/s1. The van der Waals surface area contributed by atoms with Crippen molar-refractivity contribution in [3.05, 3.63) is 0 Å². The maximum absolute atomic E-state index is 13.9. The number of ether oxygens (including phenoxy) is 1. The summed E-state index contributed by atoms with van der Waals surface area (Å²) in [5.41, 5.74) is -0.822. The number of alkyl halides is 2. The highest BCUT2D eigenvalue weighted by atomic mass is 19.2. The number of carboxylic acids is 1. The molecule has 0 spiro atoms. The van der Waals surface area contributed by atoms with Gasteiger partial charge in [-0.05, 0) is 33.6 Å². The molecule has 20 heavy (non-hydrogen) atoms. The van der Waals surface area contributed by atoms with E-state index < -0.39 is 48.0 Å². The Kier molecular flexibility index (Phi) is 3.64. The molecular weight excluding hydrogens is 272 g/mol. The van der Waals surface area contributed by atoms with Crippen molar-refractivity contribution >= 4 is 12.1 Å². The summed E-state index contributed by atoms with van der Waals surface area (Å²) in [5, 5.41) is 9.24. The van der Waals surface area contributed by atoms with Crippen molar-refractivity contribution in [3.8, 4) is 0 Å². The Morgan fingerprint density at radius 2 is 1.80 bits per heavy atom. The van der Waals surface area contributed by atoms with Gasteiger partial charge in [0.15, 0.2) is 6.17 Å². The molecule has 0 radical (unpaired) electrons. The fourth-order valence-corrected chi connectivity index (χ4v) is 3.03. The van der Waals surface area contributed by atoms with Crippen LogP contribution in [0.15, 0.2) is 0 Å². The van der Waals surface area contributed by atoms with Crippen molar-refractivity contribution in [3.63, 3.8) is 0 Å². The Morgan fingerprint density at radius 1 is 1.20 bits per heavy atom. The molecule has 2 saturated heterocycles. The summed E-state index contributed by atoms with van der Waals surface area (Å²) in [4.78, 5) is 24.3. The number of carbonyl (C=O) groups is 2. The number of hydrogen-bond acceptors (Lipinski definition) is 3. The van der Waals surface area contributed by atoms with Crippen LogP contribution in [0, 0.1) is 5.92 Å². The molecule has 2 aliphatic heterocycles. The maximum Gasteiger partial charge on any atom is 0.411 e. The Bertz CT molecular complexity index is 423. The van der Waals surface area contributed by atoms with Gasteiger partial charge in [0.1, 0.15) is 17.8 Å². The number of aliphatic carboxylic acids is 1. The minimum atomic E-state index is -1.85. The van der Waals surface area contributed by atoms with E-state index in [1.54, 1.807) is 20.8 Å². The molecular formula is C13H19F2NO4. The summed E-state index contributed by atoms with van der Waals surface area (Å²) >= 11 is 0. The fourth-order valence-electron chi connectivity index (χ4n) is 3.03. The van der Waals surface area contributed by atoms with Crippen molar-refractivity contribution in [2.45, 2.75) is 63.6 Å². The summed E-state index contributed by atoms with van der Waals surface area (Å²) in [6.07, 6.45) is -4.06. The zero-order valence-corrected chi connectivity index (χ0v) is 11.7. The second-order valence-electron chi connectivity index (χ2n) is 6.37. The molecule has 0 aromatic heterocycles. The van der Waals surface area contributed by atoms with E-state index in [2.05, 4.69) is 0 Å². The molecule has 3 fully saturated rings. The van der Waals surface area contributed by atoms with Gasteiger partial charge in [-0.15, -0.1) is 0 Å². The van der Waals surface area contributed by atoms with Gasteiger partial charge < -0.3 is 9.84 Å². The molecule has 2 unspecified atom stereocenters.